The standard InChI is InChI=1S/C11H16F2N2/c1-8(7-14)15-5-4-9-2-3-10(12)6-11(9)13/h2-3,6,8,15H,4-5,7,14H2,1H3. The molecule has 0 spiro atoms. The molecular formula is C11H16F2N2. The van der Waals surface area contributed by atoms with Crippen LogP contribution in [0.3, 0.4) is 0 Å². The molecular weight excluding hydrogens is 198 g/mol. The summed E-state index contributed by atoms with van der Waals surface area (Å²) in [5.41, 5.74) is 5.94. The average molecular weight is 214 g/mol. The highest BCUT2D eigenvalue weighted by molar-refractivity contribution is 5.18. The van der Waals surface area contributed by atoms with E-state index in [0.717, 1.165) is 6.07 Å². The second kappa shape index (κ2) is 5.78. The third kappa shape index (κ3) is 3.93. The van der Waals surface area contributed by atoms with Gasteiger partial charge in [-0.15, -0.1) is 0 Å². The predicted molar refractivity (Wildman–Crippen MR) is 56.6 cm³/mol. The van der Waals surface area contributed by atoms with Crippen LogP contribution in [0.15, 0.2) is 18.2 Å². The molecule has 1 unspecified atom stereocenters. The first-order chi connectivity index (χ1) is 7.13. The summed E-state index contributed by atoms with van der Waals surface area (Å²) in [4.78, 5) is 0. The molecule has 0 aliphatic carbocycles. The van der Waals surface area contributed by atoms with Gasteiger partial charge in [-0.05, 0) is 31.5 Å². The summed E-state index contributed by atoms with van der Waals surface area (Å²) in [5, 5.41) is 3.14. The molecule has 84 valence electrons. The third-order valence-corrected chi connectivity index (χ3v) is 2.26. The second-order valence-corrected chi connectivity index (χ2v) is 3.58. The summed E-state index contributed by atoms with van der Waals surface area (Å²) in [5.74, 6) is -1.03. The van der Waals surface area contributed by atoms with Crippen LogP contribution in [0.5, 0.6) is 0 Å². The van der Waals surface area contributed by atoms with Gasteiger partial charge in [0.1, 0.15) is 11.6 Å². The Kier molecular flexibility index (Phi) is 4.65. The Hall–Kier alpha value is -1.00. The smallest absolute Gasteiger partial charge is 0.129 e. The second-order valence-electron chi connectivity index (χ2n) is 3.58. The molecule has 0 radical (unpaired) electrons. The molecule has 1 aromatic rings. The van der Waals surface area contributed by atoms with Gasteiger partial charge in [0.15, 0.2) is 0 Å². The van der Waals surface area contributed by atoms with Crippen LogP contribution in [0.2, 0.25) is 0 Å². The van der Waals surface area contributed by atoms with E-state index in [1.165, 1.54) is 12.1 Å². The van der Waals surface area contributed by atoms with E-state index in [1.54, 1.807) is 0 Å². The SMILES string of the molecule is CC(CN)NCCc1ccc(F)cc1F. The Bertz CT molecular complexity index is 315. The molecule has 3 N–H and O–H groups in total. The third-order valence-electron chi connectivity index (χ3n) is 2.26. The molecule has 0 aromatic heterocycles. The van der Waals surface area contributed by atoms with Crippen molar-refractivity contribution in [1.82, 2.24) is 5.32 Å². The van der Waals surface area contributed by atoms with Gasteiger partial charge in [0.05, 0.1) is 0 Å². The summed E-state index contributed by atoms with van der Waals surface area (Å²) < 4.78 is 25.7. The number of rotatable bonds is 5. The van der Waals surface area contributed by atoms with Crippen molar-refractivity contribution in [2.75, 3.05) is 13.1 Å². The number of hydrogen-bond acceptors (Lipinski definition) is 2. The minimum atomic E-state index is -0.542. The number of benzene rings is 1. The number of nitrogens with one attached hydrogen (secondary N) is 1. The van der Waals surface area contributed by atoms with Crippen molar-refractivity contribution in [1.29, 1.82) is 0 Å². The summed E-state index contributed by atoms with van der Waals surface area (Å²) in [7, 11) is 0. The van der Waals surface area contributed by atoms with Crippen LogP contribution in [0, 0.1) is 11.6 Å². The minimum Gasteiger partial charge on any atom is -0.329 e. The van der Waals surface area contributed by atoms with Gasteiger partial charge >= 0.3 is 0 Å². The lowest BCUT2D eigenvalue weighted by atomic mass is 10.1. The lowest BCUT2D eigenvalue weighted by Crippen LogP contribution is -2.34. The molecule has 0 bridgehead atoms. The summed E-state index contributed by atoms with van der Waals surface area (Å²) in [6, 6.07) is 3.86. The fraction of sp³-hybridized carbons (Fsp3) is 0.455. The normalized spacial score (nSPS) is 12.8. The van der Waals surface area contributed by atoms with Crippen molar-refractivity contribution in [3.8, 4) is 0 Å². The molecule has 0 heterocycles. The van der Waals surface area contributed by atoms with E-state index < -0.39 is 11.6 Å². The molecule has 0 aliphatic heterocycles. The number of nitrogens with two attached hydrogens (primary N) is 1. The fourth-order valence-corrected chi connectivity index (χ4v) is 1.26. The molecule has 1 atom stereocenters. The molecule has 0 aliphatic rings. The van der Waals surface area contributed by atoms with Crippen LogP contribution in [0.25, 0.3) is 0 Å². The van der Waals surface area contributed by atoms with Crippen LogP contribution < -0.4 is 11.1 Å². The fourth-order valence-electron chi connectivity index (χ4n) is 1.26. The summed E-state index contributed by atoms with van der Waals surface area (Å²) in [6.07, 6.45) is 0.538. The van der Waals surface area contributed by atoms with Crippen LogP contribution in [0.4, 0.5) is 8.78 Å². The zero-order valence-corrected chi connectivity index (χ0v) is 8.76. The summed E-state index contributed by atoms with van der Waals surface area (Å²) in [6.45, 7) is 3.15. The molecule has 2 nitrogen and oxygen atoms in total. The van der Waals surface area contributed by atoms with E-state index in [4.69, 9.17) is 5.73 Å². The Morgan fingerprint density at radius 1 is 1.40 bits per heavy atom. The van der Waals surface area contributed by atoms with Crippen LogP contribution >= 0.6 is 0 Å². The Balaban J connectivity index is 2.44. The van der Waals surface area contributed by atoms with E-state index >= 15 is 0 Å². The van der Waals surface area contributed by atoms with Crippen LogP contribution in [0.1, 0.15) is 12.5 Å². The monoisotopic (exact) mass is 214 g/mol. The van der Waals surface area contributed by atoms with Gasteiger partial charge in [0.25, 0.3) is 0 Å². The molecule has 0 saturated heterocycles. The van der Waals surface area contributed by atoms with Gasteiger partial charge < -0.3 is 11.1 Å². The van der Waals surface area contributed by atoms with E-state index in [1.807, 2.05) is 6.92 Å². The van der Waals surface area contributed by atoms with Crippen molar-refractivity contribution >= 4 is 0 Å². The lowest BCUT2D eigenvalue weighted by molar-refractivity contribution is 0.540. The van der Waals surface area contributed by atoms with Gasteiger partial charge in [0, 0.05) is 18.7 Å². The first-order valence-corrected chi connectivity index (χ1v) is 5.01. The first kappa shape index (κ1) is 12.1. The highest BCUT2D eigenvalue weighted by atomic mass is 19.1. The Labute approximate surface area is 88.5 Å². The largest absolute Gasteiger partial charge is 0.329 e. The molecule has 0 amide bonds. The van der Waals surface area contributed by atoms with E-state index in [0.29, 0.717) is 25.1 Å². The minimum absolute atomic E-state index is 0.216. The quantitative estimate of drug-likeness (QED) is 0.778. The van der Waals surface area contributed by atoms with Crippen molar-refractivity contribution in [3.05, 3.63) is 35.4 Å². The molecule has 1 rings (SSSR count). The maximum absolute atomic E-state index is 13.2. The topological polar surface area (TPSA) is 38.0 Å². The van der Waals surface area contributed by atoms with E-state index in [2.05, 4.69) is 5.32 Å². The highest BCUT2D eigenvalue weighted by Crippen LogP contribution is 2.09. The maximum Gasteiger partial charge on any atom is 0.129 e. The zero-order valence-electron chi connectivity index (χ0n) is 8.76. The van der Waals surface area contributed by atoms with Gasteiger partial charge in [-0.2, -0.15) is 0 Å². The predicted octanol–water partition coefficient (Wildman–Crippen LogP) is 1.44. The zero-order chi connectivity index (χ0) is 11.3. The maximum atomic E-state index is 13.2. The van der Waals surface area contributed by atoms with E-state index in [-0.39, 0.29) is 6.04 Å². The Morgan fingerprint density at radius 2 is 2.13 bits per heavy atom. The van der Waals surface area contributed by atoms with Crippen molar-refractivity contribution < 1.29 is 8.78 Å². The van der Waals surface area contributed by atoms with E-state index in [9.17, 15) is 8.78 Å². The van der Waals surface area contributed by atoms with Gasteiger partial charge in [-0.25, -0.2) is 8.78 Å². The highest BCUT2D eigenvalue weighted by Gasteiger charge is 2.04. The van der Waals surface area contributed by atoms with Crippen molar-refractivity contribution in [3.63, 3.8) is 0 Å². The molecule has 1 aromatic carbocycles. The van der Waals surface area contributed by atoms with Crippen LogP contribution in [-0.4, -0.2) is 19.1 Å². The van der Waals surface area contributed by atoms with Gasteiger partial charge in [-0.1, -0.05) is 6.07 Å². The van der Waals surface area contributed by atoms with Gasteiger partial charge in [-0.3, -0.25) is 0 Å². The molecule has 0 fully saturated rings. The molecule has 4 heteroatoms. The molecule has 15 heavy (non-hydrogen) atoms. The van der Waals surface area contributed by atoms with Gasteiger partial charge in [0.2, 0.25) is 0 Å². The number of halogens is 2. The Morgan fingerprint density at radius 3 is 2.73 bits per heavy atom. The lowest BCUT2D eigenvalue weighted by Gasteiger charge is -2.11. The summed E-state index contributed by atoms with van der Waals surface area (Å²) >= 11 is 0. The molecule has 0 saturated carbocycles. The van der Waals surface area contributed by atoms with Crippen LogP contribution in [-0.2, 0) is 6.42 Å². The van der Waals surface area contributed by atoms with Crippen molar-refractivity contribution in [2.45, 2.75) is 19.4 Å². The first-order valence-electron chi connectivity index (χ1n) is 5.01. The van der Waals surface area contributed by atoms with Crippen molar-refractivity contribution in [2.24, 2.45) is 5.73 Å². The average Bonchev–Trinajstić information content (AvgIpc) is 2.21. The number of hydrogen-bond donors (Lipinski definition) is 2.